The molecular formula is C26H29NO4. The minimum absolute atomic E-state index is 0.0138. The molecule has 5 nitrogen and oxygen atoms in total. The summed E-state index contributed by atoms with van der Waals surface area (Å²) in [5, 5.41) is 0. The van der Waals surface area contributed by atoms with Crippen molar-refractivity contribution in [3.63, 3.8) is 0 Å². The van der Waals surface area contributed by atoms with E-state index >= 15 is 0 Å². The van der Waals surface area contributed by atoms with Crippen LogP contribution in [0.3, 0.4) is 0 Å². The van der Waals surface area contributed by atoms with Gasteiger partial charge in [0, 0.05) is 18.4 Å². The molecule has 1 saturated heterocycles. The van der Waals surface area contributed by atoms with Crippen LogP contribution < -0.4 is 0 Å². The Hall–Kier alpha value is -3.08. The first-order chi connectivity index (χ1) is 15.0. The average molecular weight is 420 g/mol. The van der Waals surface area contributed by atoms with Crippen molar-refractivity contribution in [2.75, 3.05) is 13.2 Å². The van der Waals surface area contributed by atoms with Crippen LogP contribution in [0.15, 0.2) is 54.6 Å². The second kappa shape index (κ2) is 8.96. The molecule has 0 saturated carbocycles. The molecule has 2 aromatic carbocycles. The van der Waals surface area contributed by atoms with Crippen molar-refractivity contribution in [3.8, 4) is 0 Å². The zero-order chi connectivity index (χ0) is 22.0. The van der Waals surface area contributed by atoms with Crippen molar-refractivity contribution in [3.05, 3.63) is 76.9 Å². The smallest absolute Gasteiger partial charge is 0.410 e. The van der Waals surface area contributed by atoms with Crippen LogP contribution >= 0.6 is 0 Å². The van der Waals surface area contributed by atoms with Crippen molar-refractivity contribution in [1.29, 1.82) is 0 Å². The van der Waals surface area contributed by atoms with Gasteiger partial charge in [0.15, 0.2) is 0 Å². The number of carbonyl (C=O) groups is 2. The number of amides is 1. The summed E-state index contributed by atoms with van der Waals surface area (Å²) >= 11 is 0. The summed E-state index contributed by atoms with van der Waals surface area (Å²) in [6, 6.07) is 15.4. The molecule has 0 radical (unpaired) electrons. The summed E-state index contributed by atoms with van der Waals surface area (Å²) < 4.78 is 10.9. The number of rotatable bonds is 5. The number of benzene rings is 2. The molecule has 1 fully saturated rings. The first-order valence-corrected chi connectivity index (χ1v) is 10.9. The molecule has 1 aliphatic heterocycles. The van der Waals surface area contributed by atoms with Crippen LogP contribution in [0.4, 0.5) is 4.79 Å². The van der Waals surface area contributed by atoms with E-state index in [0.29, 0.717) is 6.54 Å². The summed E-state index contributed by atoms with van der Waals surface area (Å²) in [6.45, 7) is 6.92. The Balaban J connectivity index is 1.55. The number of likely N-dealkylation sites (tertiary alicyclic amines) is 1. The van der Waals surface area contributed by atoms with Gasteiger partial charge in [0.2, 0.25) is 0 Å². The molecule has 162 valence electrons. The number of hydrogen-bond donors (Lipinski definition) is 0. The number of aryl methyl sites for hydroxylation is 2. The molecule has 1 amide bonds. The fourth-order valence-electron chi connectivity index (χ4n) is 4.72. The van der Waals surface area contributed by atoms with Gasteiger partial charge in [-0.25, -0.2) is 9.59 Å². The highest BCUT2D eigenvalue weighted by Crippen LogP contribution is 2.47. The van der Waals surface area contributed by atoms with E-state index in [2.05, 4.69) is 38.1 Å². The lowest BCUT2D eigenvalue weighted by atomic mass is 9.86. The zero-order valence-corrected chi connectivity index (χ0v) is 18.3. The Kier molecular flexibility index (Phi) is 6.12. The predicted molar refractivity (Wildman–Crippen MR) is 119 cm³/mol. The van der Waals surface area contributed by atoms with Gasteiger partial charge >= 0.3 is 12.1 Å². The number of carbonyl (C=O) groups excluding carboxylic acids is 2. The van der Waals surface area contributed by atoms with Gasteiger partial charge in [-0.3, -0.25) is 4.90 Å². The topological polar surface area (TPSA) is 55.8 Å². The zero-order valence-electron chi connectivity index (χ0n) is 18.3. The Labute approximate surface area is 183 Å². The van der Waals surface area contributed by atoms with E-state index in [1.54, 1.807) is 11.8 Å². The van der Waals surface area contributed by atoms with Gasteiger partial charge in [-0.15, -0.1) is 0 Å². The monoisotopic (exact) mass is 419 g/mol. The lowest BCUT2D eigenvalue weighted by molar-refractivity contribution is -0.149. The second-order valence-electron chi connectivity index (χ2n) is 8.35. The van der Waals surface area contributed by atoms with Gasteiger partial charge in [0.1, 0.15) is 12.6 Å². The highest BCUT2D eigenvalue weighted by atomic mass is 16.6. The first-order valence-electron chi connectivity index (χ1n) is 10.9. The largest absolute Gasteiger partial charge is 0.464 e. The fraction of sp³-hybridized carbons (Fsp3) is 0.385. The molecule has 0 bridgehead atoms. The Morgan fingerprint density at radius 1 is 1.03 bits per heavy atom. The molecule has 4 rings (SSSR count). The van der Waals surface area contributed by atoms with Crippen molar-refractivity contribution >= 4 is 17.6 Å². The van der Waals surface area contributed by atoms with Crippen LogP contribution in [0.1, 0.15) is 35.6 Å². The maximum absolute atomic E-state index is 13.0. The maximum Gasteiger partial charge on any atom is 0.410 e. The first kappa shape index (κ1) is 21.2. The highest BCUT2D eigenvalue weighted by molar-refractivity contribution is 5.85. The van der Waals surface area contributed by atoms with Gasteiger partial charge in [-0.1, -0.05) is 54.6 Å². The van der Waals surface area contributed by atoms with Crippen molar-refractivity contribution in [2.45, 2.75) is 39.8 Å². The number of hydrogen-bond acceptors (Lipinski definition) is 4. The molecule has 2 aromatic rings. The summed E-state index contributed by atoms with van der Waals surface area (Å²) in [6.07, 6.45) is 2.51. The third kappa shape index (κ3) is 4.22. The van der Waals surface area contributed by atoms with Crippen molar-refractivity contribution in [2.24, 2.45) is 11.8 Å². The van der Waals surface area contributed by atoms with Gasteiger partial charge in [-0.2, -0.15) is 0 Å². The van der Waals surface area contributed by atoms with Gasteiger partial charge in [-0.05, 0) is 55.0 Å². The average Bonchev–Trinajstić information content (AvgIpc) is 3.34. The van der Waals surface area contributed by atoms with Gasteiger partial charge in [0.25, 0.3) is 0 Å². The fourth-order valence-corrected chi connectivity index (χ4v) is 4.72. The van der Waals surface area contributed by atoms with Crippen LogP contribution in [0.25, 0.3) is 5.57 Å². The molecule has 1 heterocycles. The van der Waals surface area contributed by atoms with Crippen LogP contribution in [0.2, 0.25) is 0 Å². The highest BCUT2D eigenvalue weighted by Gasteiger charge is 2.52. The van der Waals surface area contributed by atoms with Crippen LogP contribution in [0.5, 0.6) is 0 Å². The van der Waals surface area contributed by atoms with Gasteiger partial charge < -0.3 is 9.47 Å². The normalized spacial score (nSPS) is 22.1. The minimum Gasteiger partial charge on any atom is -0.464 e. The van der Waals surface area contributed by atoms with Crippen LogP contribution in [-0.2, 0) is 20.9 Å². The number of allylic oxidation sites excluding steroid dienone is 1. The number of esters is 1. The molecule has 0 aromatic heterocycles. The molecule has 3 atom stereocenters. The molecule has 31 heavy (non-hydrogen) atoms. The Morgan fingerprint density at radius 3 is 2.52 bits per heavy atom. The molecule has 0 spiro atoms. The minimum atomic E-state index is -0.617. The summed E-state index contributed by atoms with van der Waals surface area (Å²) in [5.74, 6) is -0.234. The summed E-state index contributed by atoms with van der Waals surface area (Å²) in [5.41, 5.74) is 5.78. The lowest BCUT2D eigenvalue weighted by Gasteiger charge is -2.25. The van der Waals surface area contributed by atoms with Crippen molar-refractivity contribution in [1.82, 2.24) is 4.90 Å². The molecule has 0 unspecified atom stereocenters. The maximum atomic E-state index is 13.0. The van der Waals surface area contributed by atoms with E-state index in [-0.39, 0.29) is 31.0 Å². The summed E-state index contributed by atoms with van der Waals surface area (Å²) in [4.78, 5) is 27.4. The standard InChI is InChI=1S/C26H29NO4/c1-4-30-25(28)24-22-13-12-21(20-11-10-17(2)18(3)14-20)23(22)15-27(24)26(29)31-16-19-8-6-5-7-9-19/h5-12,14,22-24H,4,13,15-16H2,1-3H3/t22-,23+,24-/m0/s1. The quantitative estimate of drug-likeness (QED) is 0.647. The SMILES string of the molecule is CCOC(=O)[C@@H]1[C@H]2CC=C(c3ccc(C)c(C)c3)[C@H]2CN1C(=O)OCc1ccccc1. The third-order valence-corrected chi connectivity index (χ3v) is 6.47. The molecule has 0 N–H and O–H groups in total. The van der Waals surface area contributed by atoms with E-state index in [4.69, 9.17) is 9.47 Å². The van der Waals surface area contributed by atoms with E-state index in [0.717, 1.165) is 17.5 Å². The number of nitrogens with zero attached hydrogens (tertiary/aromatic N) is 1. The number of ether oxygens (including phenoxy) is 2. The molecular weight excluding hydrogens is 390 g/mol. The van der Waals surface area contributed by atoms with E-state index in [9.17, 15) is 9.59 Å². The lowest BCUT2D eigenvalue weighted by Crippen LogP contribution is -2.44. The third-order valence-electron chi connectivity index (χ3n) is 6.47. The molecule has 5 heteroatoms. The summed E-state index contributed by atoms with van der Waals surface area (Å²) in [7, 11) is 0. The van der Waals surface area contributed by atoms with E-state index < -0.39 is 12.1 Å². The molecule has 2 aliphatic rings. The van der Waals surface area contributed by atoms with Crippen LogP contribution in [-0.4, -0.2) is 36.2 Å². The molecule has 1 aliphatic carbocycles. The van der Waals surface area contributed by atoms with Crippen molar-refractivity contribution < 1.29 is 19.1 Å². The van der Waals surface area contributed by atoms with Crippen LogP contribution in [0, 0.1) is 25.7 Å². The van der Waals surface area contributed by atoms with E-state index in [1.807, 2.05) is 30.3 Å². The Morgan fingerprint density at radius 2 is 1.81 bits per heavy atom. The predicted octanol–water partition coefficient (Wildman–Crippen LogP) is 4.91. The number of fused-ring (bicyclic) bond motifs is 1. The van der Waals surface area contributed by atoms with Gasteiger partial charge in [0.05, 0.1) is 6.61 Å². The van der Waals surface area contributed by atoms with E-state index in [1.165, 1.54) is 16.7 Å². The Bertz CT molecular complexity index is 998. The second-order valence-corrected chi connectivity index (χ2v) is 8.35.